The molecule has 0 radical (unpaired) electrons. The number of nitrogens with one attached hydrogen (secondary N) is 1. The van der Waals surface area contributed by atoms with Crippen LogP contribution in [0.15, 0.2) is 0 Å². The molecule has 6 nitrogen and oxygen atoms in total. The predicted molar refractivity (Wildman–Crippen MR) is 33.1 cm³/mol. The molecule has 0 saturated carbocycles. The SMILES string of the molecule is O=C1CC(C[N+](=O)[O-])C(=O)N1. The second-order valence-corrected chi connectivity index (χ2v) is 2.33. The monoisotopic (exact) mass is 158 g/mol. The molecule has 0 aromatic carbocycles. The summed E-state index contributed by atoms with van der Waals surface area (Å²) in [5.41, 5.74) is 0. The molecule has 1 atom stereocenters. The molecule has 0 aromatic rings. The minimum absolute atomic E-state index is 0.0557. The van der Waals surface area contributed by atoms with Gasteiger partial charge in [0.2, 0.25) is 18.4 Å². The Bertz CT molecular complexity index is 225. The number of carbonyl (C=O) groups is 2. The van der Waals surface area contributed by atoms with Gasteiger partial charge in [-0.2, -0.15) is 0 Å². The van der Waals surface area contributed by atoms with Gasteiger partial charge in [-0.3, -0.25) is 25.0 Å². The van der Waals surface area contributed by atoms with Crippen LogP contribution in [0.4, 0.5) is 0 Å². The highest BCUT2D eigenvalue weighted by Crippen LogP contribution is 2.09. The van der Waals surface area contributed by atoms with Gasteiger partial charge in [0.1, 0.15) is 5.92 Å². The van der Waals surface area contributed by atoms with Gasteiger partial charge in [0.05, 0.1) is 0 Å². The van der Waals surface area contributed by atoms with Gasteiger partial charge in [-0.1, -0.05) is 0 Å². The zero-order valence-electron chi connectivity index (χ0n) is 5.57. The Morgan fingerprint density at radius 3 is 2.64 bits per heavy atom. The van der Waals surface area contributed by atoms with Gasteiger partial charge in [-0.15, -0.1) is 0 Å². The number of rotatable bonds is 2. The van der Waals surface area contributed by atoms with E-state index in [0.29, 0.717) is 0 Å². The van der Waals surface area contributed by atoms with Gasteiger partial charge in [-0.25, -0.2) is 0 Å². The Morgan fingerprint density at radius 2 is 2.27 bits per heavy atom. The van der Waals surface area contributed by atoms with E-state index in [-0.39, 0.29) is 6.42 Å². The molecule has 2 amide bonds. The summed E-state index contributed by atoms with van der Waals surface area (Å²) in [5.74, 6) is -1.73. The van der Waals surface area contributed by atoms with E-state index in [1.54, 1.807) is 0 Å². The molecule has 0 aromatic heterocycles. The van der Waals surface area contributed by atoms with E-state index >= 15 is 0 Å². The van der Waals surface area contributed by atoms with Crippen molar-refractivity contribution in [2.75, 3.05) is 6.54 Å². The lowest BCUT2D eigenvalue weighted by atomic mass is 10.1. The fourth-order valence-corrected chi connectivity index (χ4v) is 0.934. The molecule has 60 valence electrons. The molecule has 1 unspecified atom stereocenters. The largest absolute Gasteiger partial charge is 0.296 e. The molecule has 1 saturated heterocycles. The fourth-order valence-electron chi connectivity index (χ4n) is 0.934. The summed E-state index contributed by atoms with van der Waals surface area (Å²) in [5, 5.41) is 11.9. The van der Waals surface area contributed by atoms with E-state index in [4.69, 9.17) is 0 Å². The Morgan fingerprint density at radius 1 is 1.64 bits per heavy atom. The highest BCUT2D eigenvalue weighted by atomic mass is 16.6. The van der Waals surface area contributed by atoms with E-state index < -0.39 is 29.2 Å². The van der Waals surface area contributed by atoms with Gasteiger partial charge in [0.15, 0.2) is 0 Å². The summed E-state index contributed by atoms with van der Waals surface area (Å²) in [6.45, 7) is -0.461. The average molecular weight is 158 g/mol. The first-order valence-electron chi connectivity index (χ1n) is 3.05. The molecule has 11 heavy (non-hydrogen) atoms. The number of hydrogen-bond donors (Lipinski definition) is 1. The van der Waals surface area contributed by atoms with Crippen LogP contribution >= 0.6 is 0 Å². The third-order valence-electron chi connectivity index (χ3n) is 1.43. The number of hydrogen-bond acceptors (Lipinski definition) is 4. The second-order valence-electron chi connectivity index (χ2n) is 2.33. The van der Waals surface area contributed by atoms with Crippen LogP contribution in [-0.4, -0.2) is 23.3 Å². The average Bonchev–Trinajstić information content (AvgIpc) is 2.09. The smallest absolute Gasteiger partial charge is 0.236 e. The first kappa shape index (κ1) is 7.64. The third kappa shape index (κ3) is 1.73. The fraction of sp³-hybridized carbons (Fsp3) is 0.600. The van der Waals surface area contributed by atoms with Crippen molar-refractivity contribution in [3.05, 3.63) is 10.1 Å². The topological polar surface area (TPSA) is 89.3 Å². The van der Waals surface area contributed by atoms with Crippen molar-refractivity contribution in [3.63, 3.8) is 0 Å². The van der Waals surface area contributed by atoms with E-state index in [2.05, 4.69) is 0 Å². The number of amides is 2. The lowest BCUT2D eigenvalue weighted by Crippen LogP contribution is -2.25. The molecule has 1 fully saturated rings. The molecule has 1 N–H and O–H groups in total. The van der Waals surface area contributed by atoms with Crippen molar-refractivity contribution in [2.45, 2.75) is 6.42 Å². The van der Waals surface area contributed by atoms with Crippen LogP contribution < -0.4 is 5.32 Å². The number of imide groups is 1. The van der Waals surface area contributed by atoms with Crippen LogP contribution in [0.2, 0.25) is 0 Å². The number of nitro groups is 1. The first-order chi connectivity index (χ1) is 5.09. The van der Waals surface area contributed by atoms with Gasteiger partial charge >= 0.3 is 0 Å². The van der Waals surface area contributed by atoms with E-state index in [1.807, 2.05) is 5.32 Å². The summed E-state index contributed by atoms with van der Waals surface area (Å²) >= 11 is 0. The van der Waals surface area contributed by atoms with Gasteiger partial charge in [0, 0.05) is 11.3 Å². The molecule has 6 heteroatoms. The molecule has 1 aliphatic heterocycles. The van der Waals surface area contributed by atoms with Crippen molar-refractivity contribution in [3.8, 4) is 0 Å². The number of carbonyl (C=O) groups excluding carboxylic acids is 2. The van der Waals surface area contributed by atoms with Crippen molar-refractivity contribution < 1.29 is 14.5 Å². The quantitative estimate of drug-likeness (QED) is 0.314. The highest BCUT2D eigenvalue weighted by molar-refractivity contribution is 6.03. The summed E-state index contributed by atoms with van der Waals surface area (Å²) in [7, 11) is 0. The molecular weight excluding hydrogens is 152 g/mol. The minimum Gasteiger partial charge on any atom is -0.296 e. The van der Waals surface area contributed by atoms with Crippen LogP contribution in [0.25, 0.3) is 0 Å². The molecule has 1 heterocycles. The zero-order valence-corrected chi connectivity index (χ0v) is 5.57. The Hall–Kier alpha value is -1.46. The lowest BCUT2D eigenvalue weighted by molar-refractivity contribution is -0.485. The third-order valence-corrected chi connectivity index (χ3v) is 1.43. The Kier molecular flexibility index (Phi) is 1.84. The van der Waals surface area contributed by atoms with Crippen LogP contribution in [0.3, 0.4) is 0 Å². The molecule has 0 bridgehead atoms. The molecule has 1 aliphatic rings. The van der Waals surface area contributed by atoms with Crippen LogP contribution in [0.1, 0.15) is 6.42 Å². The zero-order chi connectivity index (χ0) is 8.43. The maximum atomic E-state index is 10.7. The van der Waals surface area contributed by atoms with Crippen LogP contribution in [-0.2, 0) is 9.59 Å². The Balaban J connectivity index is 2.53. The minimum atomic E-state index is -0.766. The van der Waals surface area contributed by atoms with E-state index in [0.717, 1.165) is 0 Å². The summed E-state index contributed by atoms with van der Waals surface area (Å²) in [6, 6.07) is 0. The van der Waals surface area contributed by atoms with Crippen molar-refractivity contribution in [1.82, 2.24) is 5.32 Å². The second kappa shape index (κ2) is 2.65. The van der Waals surface area contributed by atoms with Gasteiger partial charge in [-0.05, 0) is 0 Å². The van der Waals surface area contributed by atoms with Gasteiger partial charge < -0.3 is 0 Å². The first-order valence-corrected chi connectivity index (χ1v) is 3.05. The van der Waals surface area contributed by atoms with E-state index in [1.165, 1.54) is 0 Å². The lowest BCUT2D eigenvalue weighted by Gasteiger charge is -1.96. The summed E-state index contributed by atoms with van der Waals surface area (Å²) < 4.78 is 0. The van der Waals surface area contributed by atoms with Crippen molar-refractivity contribution >= 4 is 11.8 Å². The van der Waals surface area contributed by atoms with Crippen LogP contribution in [0.5, 0.6) is 0 Å². The normalized spacial score (nSPS) is 23.5. The predicted octanol–water partition coefficient (Wildman–Crippen LogP) is -1.07. The van der Waals surface area contributed by atoms with Crippen LogP contribution in [0, 0.1) is 16.0 Å². The van der Waals surface area contributed by atoms with Crippen molar-refractivity contribution in [2.24, 2.45) is 5.92 Å². The highest BCUT2D eigenvalue weighted by Gasteiger charge is 2.34. The standard InChI is InChI=1S/C5H6N2O4/c8-4-1-3(2-7(10)11)5(9)6-4/h3H,1-2H2,(H,6,8,9). The number of nitrogens with zero attached hydrogens (tertiary/aromatic N) is 1. The molecule has 1 rings (SSSR count). The maximum absolute atomic E-state index is 10.7. The van der Waals surface area contributed by atoms with E-state index in [9.17, 15) is 19.7 Å². The summed E-state index contributed by atoms with van der Waals surface area (Å²) in [6.07, 6.45) is -0.0557. The maximum Gasteiger partial charge on any atom is 0.236 e. The molecule has 0 spiro atoms. The summed E-state index contributed by atoms with van der Waals surface area (Å²) in [4.78, 5) is 30.5. The molecule has 0 aliphatic carbocycles. The van der Waals surface area contributed by atoms with Gasteiger partial charge in [0.25, 0.3) is 0 Å². The molecular formula is C5H6N2O4. The van der Waals surface area contributed by atoms with Crippen molar-refractivity contribution in [1.29, 1.82) is 0 Å². The Labute approximate surface area is 61.7 Å².